The maximum atomic E-state index is 12.5. The van der Waals surface area contributed by atoms with Gasteiger partial charge < -0.3 is 15.2 Å². The third-order valence-corrected chi connectivity index (χ3v) is 3.90. The molecule has 0 spiro atoms. The van der Waals surface area contributed by atoms with Crippen molar-refractivity contribution in [2.75, 3.05) is 12.4 Å². The van der Waals surface area contributed by atoms with Gasteiger partial charge in [-0.2, -0.15) is 5.10 Å². The molecule has 0 fully saturated rings. The molecule has 3 N–H and O–H groups in total. The minimum absolute atomic E-state index is 0.0492. The lowest BCUT2D eigenvalue weighted by atomic mass is 9.94. The standard InChI is InChI=1S/C20H23N3O4/c1-13(2)18(19(25)22-15-8-10-16(27-3)11-9-15)20(26)23-21-12-14-6-4-5-7-17(14)24/h4-13,18,24H,1-3H3,(H,22,25)(H,23,26)/b21-12+. The predicted molar refractivity (Wildman–Crippen MR) is 104 cm³/mol. The Morgan fingerprint density at radius 1 is 1.07 bits per heavy atom. The molecule has 0 bridgehead atoms. The van der Waals surface area contributed by atoms with Crippen LogP contribution in [0.1, 0.15) is 19.4 Å². The molecule has 1 atom stereocenters. The molecule has 2 rings (SSSR count). The van der Waals surface area contributed by atoms with Crippen LogP contribution in [0.5, 0.6) is 11.5 Å². The zero-order valence-corrected chi connectivity index (χ0v) is 15.5. The lowest BCUT2D eigenvalue weighted by Crippen LogP contribution is -2.39. The summed E-state index contributed by atoms with van der Waals surface area (Å²) in [5.41, 5.74) is 3.39. The van der Waals surface area contributed by atoms with E-state index in [1.54, 1.807) is 63.4 Å². The minimum Gasteiger partial charge on any atom is -0.507 e. The van der Waals surface area contributed by atoms with E-state index in [9.17, 15) is 14.7 Å². The van der Waals surface area contributed by atoms with Crippen molar-refractivity contribution in [3.8, 4) is 11.5 Å². The molecule has 0 aliphatic carbocycles. The van der Waals surface area contributed by atoms with Gasteiger partial charge in [-0.25, -0.2) is 5.43 Å². The molecule has 0 heterocycles. The monoisotopic (exact) mass is 369 g/mol. The van der Waals surface area contributed by atoms with Crippen LogP contribution in [0.3, 0.4) is 0 Å². The second kappa shape index (κ2) is 9.38. The third-order valence-electron chi connectivity index (χ3n) is 3.90. The van der Waals surface area contributed by atoms with Crippen LogP contribution in [0, 0.1) is 11.8 Å². The zero-order valence-electron chi connectivity index (χ0n) is 15.5. The Morgan fingerprint density at radius 2 is 1.74 bits per heavy atom. The Balaban J connectivity index is 2.03. The molecule has 2 amide bonds. The zero-order chi connectivity index (χ0) is 19.8. The highest BCUT2D eigenvalue weighted by Gasteiger charge is 2.29. The fraction of sp³-hybridized carbons (Fsp3) is 0.250. The average Bonchev–Trinajstić information content (AvgIpc) is 2.63. The van der Waals surface area contributed by atoms with Crippen molar-refractivity contribution < 1.29 is 19.4 Å². The number of anilines is 1. The Labute approximate surface area is 158 Å². The fourth-order valence-electron chi connectivity index (χ4n) is 2.45. The largest absolute Gasteiger partial charge is 0.507 e. The lowest BCUT2D eigenvalue weighted by Gasteiger charge is -2.18. The van der Waals surface area contributed by atoms with Gasteiger partial charge in [0.05, 0.1) is 13.3 Å². The molecule has 7 heteroatoms. The van der Waals surface area contributed by atoms with E-state index in [0.717, 1.165) is 0 Å². The van der Waals surface area contributed by atoms with E-state index in [2.05, 4.69) is 15.8 Å². The van der Waals surface area contributed by atoms with Crippen LogP contribution in [-0.4, -0.2) is 30.2 Å². The van der Waals surface area contributed by atoms with Gasteiger partial charge in [-0.15, -0.1) is 0 Å². The molecule has 0 saturated carbocycles. The van der Waals surface area contributed by atoms with Crippen molar-refractivity contribution in [1.29, 1.82) is 0 Å². The van der Waals surface area contributed by atoms with E-state index in [1.807, 2.05) is 0 Å². The predicted octanol–water partition coefficient (Wildman–Crippen LogP) is 2.76. The van der Waals surface area contributed by atoms with Crippen LogP contribution in [0.25, 0.3) is 0 Å². The lowest BCUT2D eigenvalue weighted by molar-refractivity contribution is -0.134. The van der Waals surface area contributed by atoms with E-state index in [4.69, 9.17) is 4.74 Å². The highest BCUT2D eigenvalue weighted by Crippen LogP contribution is 2.18. The molecule has 2 aromatic rings. The molecule has 0 aromatic heterocycles. The van der Waals surface area contributed by atoms with Gasteiger partial charge >= 0.3 is 0 Å². The van der Waals surface area contributed by atoms with Gasteiger partial charge in [0.2, 0.25) is 5.91 Å². The average molecular weight is 369 g/mol. The van der Waals surface area contributed by atoms with Crippen LogP contribution >= 0.6 is 0 Å². The number of hydrogen-bond donors (Lipinski definition) is 3. The number of hydrazone groups is 1. The van der Waals surface area contributed by atoms with Crippen molar-refractivity contribution in [3.05, 3.63) is 54.1 Å². The van der Waals surface area contributed by atoms with Crippen LogP contribution < -0.4 is 15.5 Å². The topological polar surface area (TPSA) is 100 Å². The number of phenols is 1. The number of carbonyl (C=O) groups is 2. The van der Waals surface area contributed by atoms with Gasteiger partial charge in [-0.1, -0.05) is 26.0 Å². The van der Waals surface area contributed by atoms with Gasteiger partial charge in [0.15, 0.2) is 0 Å². The minimum atomic E-state index is -0.923. The summed E-state index contributed by atoms with van der Waals surface area (Å²) in [4.78, 5) is 25.0. The number of ether oxygens (including phenoxy) is 1. The Bertz CT molecular complexity index is 816. The van der Waals surface area contributed by atoms with Gasteiger partial charge in [-0.05, 0) is 42.3 Å². The number of hydrogen-bond acceptors (Lipinski definition) is 5. The van der Waals surface area contributed by atoms with Gasteiger partial charge in [0.25, 0.3) is 5.91 Å². The second-order valence-corrected chi connectivity index (χ2v) is 6.23. The number of benzene rings is 2. The first kappa shape index (κ1) is 20.0. The smallest absolute Gasteiger partial charge is 0.252 e. The first-order valence-electron chi connectivity index (χ1n) is 8.48. The summed E-state index contributed by atoms with van der Waals surface area (Å²) < 4.78 is 5.08. The highest BCUT2D eigenvalue weighted by atomic mass is 16.5. The molecule has 1 unspecified atom stereocenters. The van der Waals surface area contributed by atoms with E-state index >= 15 is 0 Å². The third kappa shape index (κ3) is 5.57. The van der Waals surface area contributed by atoms with Gasteiger partial charge in [0.1, 0.15) is 17.4 Å². The molecule has 0 radical (unpaired) electrons. The maximum Gasteiger partial charge on any atom is 0.252 e. The number of carbonyl (C=O) groups excluding carboxylic acids is 2. The number of amides is 2. The fourth-order valence-corrected chi connectivity index (χ4v) is 2.45. The van der Waals surface area contributed by atoms with Crippen LogP contribution in [-0.2, 0) is 9.59 Å². The molecule has 0 saturated heterocycles. The molecule has 142 valence electrons. The van der Waals surface area contributed by atoms with E-state index in [0.29, 0.717) is 17.0 Å². The van der Waals surface area contributed by atoms with Crippen molar-refractivity contribution in [2.24, 2.45) is 16.9 Å². The van der Waals surface area contributed by atoms with Gasteiger partial charge in [-0.3, -0.25) is 9.59 Å². The number of rotatable bonds is 7. The summed E-state index contributed by atoms with van der Waals surface area (Å²) in [6.07, 6.45) is 1.33. The molecule has 0 aliphatic heterocycles. The first-order valence-corrected chi connectivity index (χ1v) is 8.48. The molecular formula is C20H23N3O4. The Hall–Kier alpha value is -3.35. The summed E-state index contributed by atoms with van der Waals surface area (Å²) in [6, 6.07) is 13.4. The van der Waals surface area contributed by atoms with Crippen LogP contribution in [0.15, 0.2) is 53.6 Å². The number of phenolic OH excluding ortho intramolecular Hbond substituents is 1. The summed E-state index contributed by atoms with van der Waals surface area (Å²) >= 11 is 0. The summed E-state index contributed by atoms with van der Waals surface area (Å²) in [5.74, 6) is -1.39. The van der Waals surface area contributed by atoms with E-state index in [-0.39, 0.29) is 11.7 Å². The maximum absolute atomic E-state index is 12.5. The second-order valence-electron chi connectivity index (χ2n) is 6.23. The normalized spacial score (nSPS) is 12.0. The first-order chi connectivity index (χ1) is 12.9. The molecule has 0 aliphatic rings. The van der Waals surface area contributed by atoms with Crippen molar-refractivity contribution >= 4 is 23.7 Å². The summed E-state index contributed by atoms with van der Waals surface area (Å²) in [7, 11) is 1.56. The SMILES string of the molecule is COc1ccc(NC(=O)C(C(=O)N/N=C/c2ccccc2O)C(C)C)cc1. The Kier molecular flexibility index (Phi) is 6.93. The van der Waals surface area contributed by atoms with Crippen molar-refractivity contribution in [1.82, 2.24) is 5.43 Å². The van der Waals surface area contributed by atoms with E-state index in [1.165, 1.54) is 12.3 Å². The summed E-state index contributed by atoms with van der Waals surface area (Å²) in [6.45, 7) is 3.56. The number of nitrogens with zero attached hydrogens (tertiary/aromatic N) is 1. The van der Waals surface area contributed by atoms with Crippen LogP contribution in [0.4, 0.5) is 5.69 Å². The molecule has 27 heavy (non-hydrogen) atoms. The van der Waals surface area contributed by atoms with Crippen molar-refractivity contribution in [2.45, 2.75) is 13.8 Å². The molecular weight excluding hydrogens is 346 g/mol. The number of methoxy groups -OCH3 is 1. The number of para-hydroxylation sites is 1. The molecule has 2 aromatic carbocycles. The highest BCUT2D eigenvalue weighted by molar-refractivity contribution is 6.06. The summed E-state index contributed by atoms with van der Waals surface area (Å²) in [5, 5.41) is 16.2. The Morgan fingerprint density at radius 3 is 2.33 bits per heavy atom. The number of aromatic hydroxyl groups is 1. The molecule has 7 nitrogen and oxygen atoms in total. The van der Waals surface area contributed by atoms with E-state index < -0.39 is 17.7 Å². The van der Waals surface area contributed by atoms with Gasteiger partial charge in [0, 0.05) is 11.3 Å². The number of nitrogens with one attached hydrogen (secondary N) is 2. The van der Waals surface area contributed by atoms with Crippen LogP contribution in [0.2, 0.25) is 0 Å². The quantitative estimate of drug-likeness (QED) is 0.397. The van der Waals surface area contributed by atoms with Crippen molar-refractivity contribution in [3.63, 3.8) is 0 Å².